The Hall–Kier alpha value is -0.420. The molecule has 0 bridgehead atoms. The van der Waals surface area contributed by atoms with Crippen LogP contribution in [0.5, 0.6) is 0 Å². The van der Waals surface area contributed by atoms with Crippen LogP contribution in [0, 0.1) is 105 Å². The molecular weight excluding hydrogens is 1030 g/mol. The Morgan fingerprint density at radius 3 is 0.585 bits per heavy atom. The zero-order valence-corrected chi connectivity index (χ0v) is 63.8. The molecule has 0 saturated carbocycles. The summed E-state index contributed by atoms with van der Waals surface area (Å²) < 4.78 is 87.9. The zero-order chi connectivity index (χ0) is 67.6. The number of rotatable bonds is 30. The van der Waals surface area contributed by atoms with Gasteiger partial charge in [0, 0.05) is 21.7 Å². The van der Waals surface area contributed by atoms with Crippen LogP contribution in [0.15, 0.2) is 0 Å². The van der Waals surface area contributed by atoms with E-state index in [2.05, 4.69) is 187 Å². The van der Waals surface area contributed by atoms with Crippen molar-refractivity contribution in [3.63, 3.8) is 0 Å². The molecule has 4 unspecified atom stereocenters. The molecule has 0 aliphatic heterocycles. The molecule has 0 saturated heterocycles. The molecule has 0 aromatic heterocycles. The third kappa shape index (κ3) is 24.5. The monoisotopic (exact) mass is 1190 g/mol. The van der Waals surface area contributed by atoms with Crippen molar-refractivity contribution in [2.24, 2.45) is 105 Å². The van der Waals surface area contributed by atoms with Crippen LogP contribution in [0.2, 0.25) is 0 Å². The fraction of sp³-hybridized carbons (Fsp3) is 1.00. The van der Waals surface area contributed by atoms with E-state index >= 15 is 8.78 Å². The Balaban J connectivity index is -0.000000213. The topological polar surface area (TPSA) is 0 Å². The SMILES string of the molecule is CC(C)C(C(C)C)C(C)(F)C(C)(C(C)C)C(C)C.CC(C)C(C(C)C)C(C)(F)C(C)C.CCC(C)(CC)C(C)(F)C(C)(CC)CC.CCC(C)(CC)C(C)(F)C(C)C.CCC(CC)C(C)(F)C(C)C.CCC(CC)C(C)(F)C(CC)CC. The smallest absolute Gasteiger partial charge is 0.118 e. The molecule has 6 heteroatoms. The maximum absolute atomic E-state index is 15.8. The van der Waals surface area contributed by atoms with E-state index in [4.69, 9.17) is 0 Å². The summed E-state index contributed by atoms with van der Waals surface area (Å²) in [5.74, 6) is 3.54. The maximum atomic E-state index is 15.8. The van der Waals surface area contributed by atoms with Crippen molar-refractivity contribution in [2.45, 2.75) is 388 Å². The molecule has 0 fully saturated rings. The molecule has 0 N–H and O–H groups in total. The molecule has 0 nitrogen and oxygen atoms in total. The average Bonchev–Trinajstić information content (AvgIpc) is 3.35. The third-order valence-corrected chi connectivity index (χ3v) is 24.4. The molecule has 0 aliphatic carbocycles. The summed E-state index contributed by atoms with van der Waals surface area (Å²) in [6, 6.07) is 0. The van der Waals surface area contributed by atoms with Crippen LogP contribution in [0.3, 0.4) is 0 Å². The summed E-state index contributed by atoms with van der Waals surface area (Å²) in [5.41, 5.74) is -7.12. The van der Waals surface area contributed by atoms with Gasteiger partial charge in [-0.25, -0.2) is 26.3 Å². The van der Waals surface area contributed by atoms with Crippen molar-refractivity contribution in [3.8, 4) is 0 Å². The first kappa shape index (κ1) is 92.7. The standard InChI is InChI=1S/C17H35F.C14H29F.2C12H25F.C11H23F.C10H21F/c1-11(2)15(12(3)4)17(10,18)16(9,13(5)6)14(7)8;1-8-12(5,9-2)14(7,15)13(6,10-3)11-4;1-8(2)11(9(3)4)12(7,13)10(5)6;1-6-10(7-2)12(5,13)11(8-3)9-4;1-7-10(5,8-2)11(6,12)9(3)4;1-6-9(7-2)10(5,11)8(3)4/h11-15H,1-10H3;8-11H2,1-7H3;8-11H,1-7H3;10-11H,6-9H2,1-5H3;9H,7-8H2,1-6H3;8-9H,6-7H2,1-5H3. The predicted molar refractivity (Wildman–Crippen MR) is 364 cm³/mol. The Morgan fingerprint density at radius 2 is 0.463 bits per heavy atom. The van der Waals surface area contributed by atoms with Crippen LogP contribution in [0.4, 0.5) is 26.3 Å². The van der Waals surface area contributed by atoms with E-state index in [1.54, 1.807) is 27.7 Å². The van der Waals surface area contributed by atoms with Gasteiger partial charge in [-0.2, -0.15) is 0 Å². The molecular formula is C76H158F6. The number of halogens is 6. The first-order chi connectivity index (χ1) is 36.7. The van der Waals surface area contributed by atoms with Crippen LogP contribution in [-0.2, 0) is 0 Å². The second-order valence-corrected chi connectivity index (χ2v) is 31.0. The summed E-state index contributed by atoms with van der Waals surface area (Å²) in [5, 5.41) is 0. The van der Waals surface area contributed by atoms with Gasteiger partial charge >= 0.3 is 0 Å². The maximum Gasteiger partial charge on any atom is 0.118 e. The van der Waals surface area contributed by atoms with Crippen LogP contribution in [-0.4, -0.2) is 34.0 Å². The molecule has 82 heavy (non-hydrogen) atoms. The van der Waals surface area contributed by atoms with Crippen LogP contribution in [0.25, 0.3) is 0 Å². The van der Waals surface area contributed by atoms with Gasteiger partial charge in [-0.05, 0) is 163 Å². The molecule has 4 atom stereocenters. The summed E-state index contributed by atoms with van der Waals surface area (Å²) in [7, 11) is 0. The van der Waals surface area contributed by atoms with Gasteiger partial charge in [0.05, 0.1) is 0 Å². The molecule has 0 spiro atoms. The molecule has 0 aromatic carbocycles. The van der Waals surface area contributed by atoms with Gasteiger partial charge in [-0.3, -0.25) is 0 Å². The second kappa shape index (κ2) is 39.6. The van der Waals surface area contributed by atoms with Gasteiger partial charge in [0.1, 0.15) is 34.0 Å². The highest BCUT2D eigenvalue weighted by atomic mass is 19.2. The molecule has 0 aromatic rings. The summed E-state index contributed by atoms with van der Waals surface area (Å²) in [6.07, 6.45) is 11.2. The van der Waals surface area contributed by atoms with E-state index < -0.39 is 34.0 Å². The van der Waals surface area contributed by atoms with Crippen LogP contribution in [0.1, 0.15) is 354 Å². The minimum Gasteiger partial charge on any atom is -0.244 e. The van der Waals surface area contributed by atoms with Crippen LogP contribution >= 0.6 is 0 Å². The molecule has 0 amide bonds. The summed E-state index contributed by atoms with van der Waals surface area (Å²) in [4.78, 5) is 0. The van der Waals surface area contributed by atoms with Gasteiger partial charge in [0.15, 0.2) is 0 Å². The van der Waals surface area contributed by atoms with E-state index in [0.29, 0.717) is 35.5 Å². The molecule has 0 aliphatic rings. The minimum atomic E-state index is -1.14. The van der Waals surface area contributed by atoms with Gasteiger partial charge in [0.25, 0.3) is 0 Å². The Kier molecular flexibility index (Phi) is 44.7. The van der Waals surface area contributed by atoms with Crippen molar-refractivity contribution in [1.29, 1.82) is 0 Å². The Morgan fingerprint density at radius 1 is 0.244 bits per heavy atom. The van der Waals surface area contributed by atoms with E-state index in [1.807, 2.05) is 62.3 Å². The second-order valence-electron chi connectivity index (χ2n) is 31.0. The number of alkyl halides is 6. The van der Waals surface area contributed by atoms with Crippen molar-refractivity contribution in [2.75, 3.05) is 0 Å². The number of hydrogen-bond donors (Lipinski definition) is 0. The first-order valence-electron chi connectivity index (χ1n) is 34.8. The highest BCUT2D eigenvalue weighted by Gasteiger charge is 2.56. The average molecular weight is 1190 g/mol. The van der Waals surface area contributed by atoms with Crippen molar-refractivity contribution in [1.82, 2.24) is 0 Å². The van der Waals surface area contributed by atoms with Crippen molar-refractivity contribution in [3.05, 3.63) is 0 Å². The summed E-state index contributed by atoms with van der Waals surface area (Å²) in [6.45, 7) is 81.6. The molecule has 504 valence electrons. The zero-order valence-electron chi connectivity index (χ0n) is 63.8. The largest absolute Gasteiger partial charge is 0.244 e. The normalized spacial score (nSPS) is 16.2. The van der Waals surface area contributed by atoms with Gasteiger partial charge in [-0.15, -0.1) is 0 Å². The highest BCUT2D eigenvalue weighted by Crippen LogP contribution is 2.56. The van der Waals surface area contributed by atoms with Crippen LogP contribution < -0.4 is 0 Å². The van der Waals surface area contributed by atoms with Gasteiger partial charge in [-0.1, -0.05) is 274 Å². The van der Waals surface area contributed by atoms with Gasteiger partial charge in [0.2, 0.25) is 0 Å². The minimum absolute atomic E-state index is 0.0994. The highest BCUT2D eigenvalue weighted by molar-refractivity contribution is 5.04. The Bertz CT molecular complexity index is 1450. The van der Waals surface area contributed by atoms with E-state index in [9.17, 15) is 17.6 Å². The Labute approximate surface area is 516 Å². The fourth-order valence-electron chi connectivity index (χ4n) is 14.9. The lowest BCUT2D eigenvalue weighted by molar-refractivity contribution is -0.116. The number of hydrogen-bond acceptors (Lipinski definition) is 0. The first-order valence-corrected chi connectivity index (χ1v) is 34.8. The van der Waals surface area contributed by atoms with E-state index in [-0.39, 0.29) is 69.0 Å². The van der Waals surface area contributed by atoms with E-state index in [1.165, 1.54) is 0 Å². The lowest BCUT2D eigenvalue weighted by Crippen LogP contribution is -2.55. The fourth-order valence-corrected chi connectivity index (χ4v) is 14.9. The lowest BCUT2D eigenvalue weighted by Gasteiger charge is -2.53. The van der Waals surface area contributed by atoms with E-state index in [0.717, 1.165) is 77.0 Å². The third-order valence-electron chi connectivity index (χ3n) is 24.4. The summed E-state index contributed by atoms with van der Waals surface area (Å²) >= 11 is 0. The quantitative estimate of drug-likeness (QED) is 0.0629. The molecule has 0 radical (unpaired) electrons. The lowest BCUT2D eigenvalue weighted by atomic mass is 9.54. The predicted octanol–water partition coefficient (Wildman–Crippen LogP) is 28.2. The molecule has 0 rings (SSSR count). The van der Waals surface area contributed by atoms with Gasteiger partial charge < -0.3 is 0 Å². The molecule has 0 heterocycles. The van der Waals surface area contributed by atoms with Crippen molar-refractivity contribution < 1.29 is 26.3 Å². The van der Waals surface area contributed by atoms with Crippen molar-refractivity contribution >= 4 is 0 Å².